The molecule has 3 aromatic heterocycles. The third kappa shape index (κ3) is 4.12. The molecule has 0 N–H and O–H groups in total. The van der Waals surface area contributed by atoms with E-state index in [4.69, 9.17) is 4.74 Å². The summed E-state index contributed by atoms with van der Waals surface area (Å²) in [6.07, 6.45) is 6.52. The quantitative estimate of drug-likeness (QED) is 0.642. The Kier molecular flexibility index (Phi) is 5.79. The molecule has 158 valence electrons. The lowest BCUT2D eigenvalue weighted by Crippen LogP contribution is -2.35. The van der Waals surface area contributed by atoms with E-state index in [1.165, 1.54) is 4.88 Å². The van der Waals surface area contributed by atoms with E-state index in [1.807, 2.05) is 17.3 Å². The van der Waals surface area contributed by atoms with Gasteiger partial charge in [-0.2, -0.15) is 0 Å². The molecule has 0 bridgehead atoms. The first-order valence-corrected chi connectivity index (χ1v) is 11.6. The first-order chi connectivity index (χ1) is 14.8. The van der Waals surface area contributed by atoms with Gasteiger partial charge in [-0.15, -0.1) is 11.3 Å². The third-order valence-electron chi connectivity index (χ3n) is 6.08. The van der Waals surface area contributed by atoms with Gasteiger partial charge < -0.3 is 14.2 Å². The highest BCUT2D eigenvalue weighted by Crippen LogP contribution is 2.25. The molecule has 2 saturated heterocycles. The van der Waals surface area contributed by atoms with Crippen molar-refractivity contribution in [2.24, 2.45) is 0 Å². The van der Waals surface area contributed by atoms with Gasteiger partial charge in [-0.3, -0.25) is 9.69 Å². The van der Waals surface area contributed by atoms with Gasteiger partial charge in [0.2, 0.25) is 0 Å². The molecule has 1 amide bonds. The summed E-state index contributed by atoms with van der Waals surface area (Å²) in [5.41, 5.74) is 2.28. The number of ether oxygens (including phenoxy) is 1. The van der Waals surface area contributed by atoms with Crippen molar-refractivity contribution in [1.82, 2.24) is 24.3 Å². The Morgan fingerprint density at radius 3 is 2.90 bits per heavy atom. The molecule has 0 aromatic carbocycles. The SMILES string of the molecule is O=C(c1cnc2c(c1)ncn2C1CCOCC1)N1CCCN(Cc2cccs2)CC1. The van der Waals surface area contributed by atoms with E-state index >= 15 is 0 Å². The fourth-order valence-electron chi connectivity index (χ4n) is 4.40. The van der Waals surface area contributed by atoms with Crippen molar-refractivity contribution in [3.63, 3.8) is 0 Å². The van der Waals surface area contributed by atoms with E-state index in [2.05, 4.69) is 36.9 Å². The van der Waals surface area contributed by atoms with Crippen molar-refractivity contribution < 1.29 is 9.53 Å². The van der Waals surface area contributed by atoms with Gasteiger partial charge in [-0.05, 0) is 36.8 Å². The summed E-state index contributed by atoms with van der Waals surface area (Å²) >= 11 is 1.79. The molecule has 2 aliphatic rings. The second-order valence-corrected chi connectivity index (χ2v) is 9.10. The number of aromatic nitrogens is 3. The van der Waals surface area contributed by atoms with E-state index in [9.17, 15) is 4.79 Å². The van der Waals surface area contributed by atoms with Gasteiger partial charge in [0, 0.05) is 63.1 Å². The second-order valence-electron chi connectivity index (χ2n) is 8.06. The Balaban J connectivity index is 1.27. The van der Waals surface area contributed by atoms with Gasteiger partial charge in [-0.1, -0.05) is 6.07 Å². The highest BCUT2D eigenvalue weighted by molar-refractivity contribution is 7.09. The number of nitrogens with zero attached hydrogens (tertiary/aromatic N) is 5. The number of carbonyl (C=O) groups excluding carboxylic acids is 1. The Morgan fingerprint density at radius 1 is 1.17 bits per heavy atom. The Bertz CT molecular complexity index is 996. The van der Waals surface area contributed by atoms with Crippen LogP contribution in [0.2, 0.25) is 0 Å². The molecule has 0 aliphatic carbocycles. The monoisotopic (exact) mass is 425 g/mol. The molecule has 0 atom stereocenters. The molecule has 30 heavy (non-hydrogen) atoms. The van der Waals surface area contributed by atoms with Crippen molar-refractivity contribution >= 4 is 28.4 Å². The number of amides is 1. The number of imidazole rings is 1. The molecule has 8 heteroatoms. The van der Waals surface area contributed by atoms with E-state index in [0.717, 1.165) is 76.4 Å². The number of carbonyl (C=O) groups is 1. The van der Waals surface area contributed by atoms with Gasteiger partial charge >= 0.3 is 0 Å². The summed E-state index contributed by atoms with van der Waals surface area (Å²) in [6, 6.07) is 6.55. The van der Waals surface area contributed by atoms with Crippen LogP contribution in [0.5, 0.6) is 0 Å². The third-order valence-corrected chi connectivity index (χ3v) is 6.94. The largest absolute Gasteiger partial charge is 0.381 e. The number of thiophene rings is 1. The fraction of sp³-hybridized carbons (Fsp3) is 0.500. The molecule has 7 nitrogen and oxygen atoms in total. The van der Waals surface area contributed by atoms with E-state index < -0.39 is 0 Å². The molecular weight excluding hydrogens is 398 g/mol. The number of rotatable bonds is 4. The van der Waals surface area contributed by atoms with Gasteiger partial charge in [0.15, 0.2) is 5.65 Å². The molecule has 2 aliphatic heterocycles. The van der Waals surface area contributed by atoms with Gasteiger partial charge in [0.05, 0.1) is 11.9 Å². The Labute approximate surface area is 180 Å². The topological polar surface area (TPSA) is 63.5 Å². The van der Waals surface area contributed by atoms with Gasteiger partial charge in [0.1, 0.15) is 5.52 Å². The molecule has 0 radical (unpaired) electrons. The van der Waals surface area contributed by atoms with E-state index in [-0.39, 0.29) is 5.91 Å². The average Bonchev–Trinajstić information content (AvgIpc) is 3.39. The summed E-state index contributed by atoms with van der Waals surface area (Å²) in [6.45, 7) is 5.98. The summed E-state index contributed by atoms with van der Waals surface area (Å²) in [5, 5.41) is 2.12. The molecule has 5 rings (SSSR count). The van der Waals surface area contributed by atoms with Crippen molar-refractivity contribution in [3.05, 3.63) is 46.5 Å². The summed E-state index contributed by atoms with van der Waals surface area (Å²) in [4.78, 5) is 28.1. The van der Waals surface area contributed by atoms with Crippen LogP contribution in [0, 0.1) is 0 Å². The van der Waals surface area contributed by atoms with E-state index in [1.54, 1.807) is 17.5 Å². The summed E-state index contributed by atoms with van der Waals surface area (Å²) in [7, 11) is 0. The first-order valence-electron chi connectivity index (χ1n) is 10.7. The zero-order chi connectivity index (χ0) is 20.3. The van der Waals surface area contributed by atoms with Crippen LogP contribution in [0.4, 0.5) is 0 Å². The maximum atomic E-state index is 13.1. The molecule has 5 heterocycles. The van der Waals surface area contributed by atoms with Crippen LogP contribution in [0.3, 0.4) is 0 Å². The maximum Gasteiger partial charge on any atom is 0.255 e. The lowest BCUT2D eigenvalue weighted by molar-refractivity contribution is 0.0704. The zero-order valence-corrected chi connectivity index (χ0v) is 17.9. The molecule has 0 saturated carbocycles. The van der Waals surface area contributed by atoms with E-state index in [0.29, 0.717) is 11.6 Å². The number of pyridine rings is 1. The van der Waals surface area contributed by atoms with Crippen molar-refractivity contribution in [1.29, 1.82) is 0 Å². The lowest BCUT2D eigenvalue weighted by Gasteiger charge is -2.23. The Hall–Kier alpha value is -2.29. The molecular formula is C22H27N5O2S. The fourth-order valence-corrected chi connectivity index (χ4v) is 5.15. The van der Waals surface area contributed by atoms with Crippen LogP contribution < -0.4 is 0 Å². The zero-order valence-electron chi connectivity index (χ0n) is 17.1. The minimum absolute atomic E-state index is 0.0583. The normalized spacial score (nSPS) is 19.3. The van der Waals surface area contributed by atoms with Crippen LogP contribution in [-0.4, -0.2) is 69.6 Å². The maximum absolute atomic E-state index is 13.1. The highest BCUT2D eigenvalue weighted by Gasteiger charge is 2.23. The summed E-state index contributed by atoms with van der Waals surface area (Å²) < 4.78 is 7.61. The van der Waals surface area contributed by atoms with Crippen molar-refractivity contribution in [2.45, 2.75) is 31.8 Å². The van der Waals surface area contributed by atoms with Crippen LogP contribution >= 0.6 is 11.3 Å². The van der Waals surface area contributed by atoms with Gasteiger partial charge in [-0.25, -0.2) is 9.97 Å². The van der Waals surface area contributed by atoms with Crippen molar-refractivity contribution in [2.75, 3.05) is 39.4 Å². The van der Waals surface area contributed by atoms with Crippen LogP contribution in [0.15, 0.2) is 36.1 Å². The predicted molar refractivity (Wildman–Crippen MR) is 117 cm³/mol. The second kappa shape index (κ2) is 8.83. The molecule has 0 unspecified atom stereocenters. The van der Waals surface area contributed by atoms with Gasteiger partial charge in [0.25, 0.3) is 5.91 Å². The number of hydrogen-bond acceptors (Lipinski definition) is 6. The average molecular weight is 426 g/mol. The number of hydrogen-bond donors (Lipinski definition) is 0. The Morgan fingerprint density at radius 2 is 2.07 bits per heavy atom. The smallest absolute Gasteiger partial charge is 0.255 e. The van der Waals surface area contributed by atoms with Crippen molar-refractivity contribution in [3.8, 4) is 0 Å². The highest BCUT2D eigenvalue weighted by atomic mass is 32.1. The molecule has 3 aromatic rings. The molecule has 0 spiro atoms. The minimum atomic E-state index is 0.0583. The first kappa shape index (κ1) is 19.7. The lowest BCUT2D eigenvalue weighted by atomic mass is 10.1. The van der Waals surface area contributed by atoms with Crippen LogP contribution in [-0.2, 0) is 11.3 Å². The van der Waals surface area contributed by atoms with Crippen LogP contribution in [0.25, 0.3) is 11.2 Å². The standard InChI is InChI=1S/C22H27N5O2S/c28-22(26-7-2-6-25(8-9-26)15-19-3-1-12-30-19)17-13-20-21(23-14-17)27(16-24-20)18-4-10-29-11-5-18/h1,3,12-14,16,18H,2,4-11,15H2. The summed E-state index contributed by atoms with van der Waals surface area (Å²) in [5.74, 6) is 0.0583. The predicted octanol–water partition coefficient (Wildman–Crippen LogP) is 3.19. The van der Waals surface area contributed by atoms with Crippen LogP contribution in [0.1, 0.15) is 40.5 Å². The molecule has 2 fully saturated rings. The number of fused-ring (bicyclic) bond motifs is 1. The minimum Gasteiger partial charge on any atom is -0.381 e.